The van der Waals surface area contributed by atoms with Gasteiger partial charge >= 0.3 is 5.97 Å². The first kappa shape index (κ1) is 18.2. The van der Waals surface area contributed by atoms with Crippen LogP contribution < -0.4 is 0 Å². The molecule has 4 rings (SSSR count). The molecule has 1 N–H and O–H groups in total. The van der Waals surface area contributed by atoms with Crippen LogP contribution in [0.4, 0.5) is 0 Å². The molecule has 0 aromatic rings. The summed E-state index contributed by atoms with van der Waals surface area (Å²) in [4.78, 5) is 10.9. The van der Waals surface area contributed by atoms with Gasteiger partial charge in [-0.2, -0.15) is 12.6 Å². The van der Waals surface area contributed by atoms with E-state index in [0.717, 1.165) is 42.4 Å². The van der Waals surface area contributed by atoms with Gasteiger partial charge in [0, 0.05) is 11.2 Å². The van der Waals surface area contributed by atoms with Crippen LogP contribution in [-0.2, 0) is 4.79 Å². The fraction of sp³-hybridized carbons (Fsp3) is 0.955. The molecular weight excluding hydrogens is 328 g/mol. The predicted octanol–water partition coefficient (Wildman–Crippen LogP) is 5.95. The number of carboxylic acids is 1. The number of fused-ring (bicyclic) bond motifs is 5. The first-order valence-electron chi connectivity index (χ1n) is 10.9. The first-order valence-corrected chi connectivity index (χ1v) is 11.3. The van der Waals surface area contributed by atoms with Crippen molar-refractivity contribution < 1.29 is 9.90 Å². The van der Waals surface area contributed by atoms with Gasteiger partial charge in [0.2, 0.25) is 0 Å². The fourth-order valence-corrected chi connectivity index (χ4v) is 8.66. The molecule has 4 saturated carbocycles. The summed E-state index contributed by atoms with van der Waals surface area (Å²) in [5, 5.41) is 8.97. The number of carbonyl (C=O) groups is 1. The van der Waals surface area contributed by atoms with Crippen LogP contribution in [0.3, 0.4) is 0 Å². The molecule has 4 aliphatic rings. The van der Waals surface area contributed by atoms with Gasteiger partial charge in [-0.15, -0.1) is 0 Å². The lowest BCUT2D eigenvalue weighted by atomic mass is 9.49. The number of hydrogen-bond donors (Lipinski definition) is 2. The van der Waals surface area contributed by atoms with E-state index in [9.17, 15) is 4.79 Å². The Kier molecular flexibility index (Phi) is 4.92. The fourth-order valence-electron chi connectivity index (χ4n) is 7.92. The Morgan fingerprint density at radius 2 is 1.88 bits per heavy atom. The van der Waals surface area contributed by atoms with E-state index in [1.54, 1.807) is 0 Å². The number of rotatable bonds is 4. The zero-order chi connectivity index (χ0) is 17.7. The Labute approximate surface area is 158 Å². The van der Waals surface area contributed by atoms with Gasteiger partial charge in [-0.05, 0) is 99.2 Å². The topological polar surface area (TPSA) is 37.3 Å². The molecule has 0 aliphatic heterocycles. The van der Waals surface area contributed by atoms with Gasteiger partial charge in [0.25, 0.3) is 0 Å². The molecule has 0 spiro atoms. The van der Waals surface area contributed by atoms with Gasteiger partial charge in [-0.1, -0.05) is 19.8 Å². The van der Waals surface area contributed by atoms with Crippen LogP contribution >= 0.6 is 12.6 Å². The largest absolute Gasteiger partial charge is 0.481 e. The zero-order valence-electron chi connectivity index (χ0n) is 15.9. The second-order valence-corrected chi connectivity index (χ2v) is 10.8. The Balaban J connectivity index is 1.48. The third-order valence-corrected chi connectivity index (χ3v) is 10.1. The summed E-state index contributed by atoms with van der Waals surface area (Å²) >= 11 is 5.39. The SMILES string of the molecule is CC12CCC3C(CCC4CCCCC43S)C1CCC2CCCC(=O)O. The van der Waals surface area contributed by atoms with Crippen molar-refractivity contribution in [3.63, 3.8) is 0 Å². The van der Waals surface area contributed by atoms with Crippen LogP contribution in [0.25, 0.3) is 0 Å². The van der Waals surface area contributed by atoms with Gasteiger partial charge < -0.3 is 5.11 Å². The lowest BCUT2D eigenvalue weighted by Crippen LogP contribution is -2.55. The van der Waals surface area contributed by atoms with E-state index in [1.807, 2.05) is 0 Å². The third-order valence-electron chi connectivity index (χ3n) is 9.15. The smallest absolute Gasteiger partial charge is 0.303 e. The van der Waals surface area contributed by atoms with Crippen LogP contribution in [-0.4, -0.2) is 15.8 Å². The van der Waals surface area contributed by atoms with Gasteiger partial charge in [-0.25, -0.2) is 0 Å². The van der Waals surface area contributed by atoms with Crippen molar-refractivity contribution in [1.29, 1.82) is 0 Å². The highest BCUT2D eigenvalue weighted by atomic mass is 32.1. The predicted molar refractivity (Wildman–Crippen MR) is 105 cm³/mol. The van der Waals surface area contributed by atoms with Crippen molar-refractivity contribution in [2.45, 2.75) is 95.1 Å². The maximum absolute atomic E-state index is 10.9. The average molecular weight is 365 g/mol. The molecule has 2 nitrogen and oxygen atoms in total. The molecule has 7 atom stereocenters. The lowest BCUT2D eigenvalue weighted by molar-refractivity contribution is -0.137. The van der Waals surface area contributed by atoms with Crippen molar-refractivity contribution in [3.05, 3.63) is 0 Å². The Hall–Kier alpha value is -0.180. The summed E-state index contributed by atoms with van der Waals surface area (Å²) in [6.45, 7) is 2.56. The molecule has 0 amide bonds. The zero-order valence-corrected chi connectivity index (χ0v) is 16.8. The molecule has 25 heavy (non-hydrogen) atoms. The van der Waals surface area contributed by atoms with Crippen molar-refractivity contribution in [3.8, 4) is 0 Å². The molecule has 4 fully saturated rings. The van der Waals surface area contributed by atoms with Crippen LogP contribution in [0.1, 0.15) is 90.4 Å². The van der Waals surface area contributed by atoms with E-state index in [4.69, 9.17) is 17.7 Å². The van der Waals surface area contributed by atoms with Gasteiger partial charge in [0.05, 0.1) is 0 Å². The summed E-state index contributed by atoms with van der Waals surface area (Å²) in [5.41, 5.74) is 0.477. The summed E-state index contributed by atoms with van der Waals surface area (Å²) < 4.78 is 0.337. The summed E-state index contributed by atoms with van der Waals surface area (Å²) in [5.74, 6) is 3.64. The van der Waals surface area contributed by atoms with Gasteiger partial charge in [0.1, 0.15) is 0 Å². The third kappa shape index (κ3) is 2.97. The minimum Gasteiger partial charge on any atom is -0.481 e. The normalized spacial score (nSPS) is 49.1. The Morgan fingerprint density at radius 1 is 1.04 bits per heavy atom. The van der Waals surface area contributed by atoms with Gasteiger partial charge in [0.15, 0.2) is 0 Å². The lowest BCUT2D eigenvalue weighted by Gasteiger charge is -2.60. The van der Waals surface area contributed by atoms with Gasteiger partial charge in [-0.3, -0.25) is 4.79 Å². The van der Waals surface area contributed by atoms with Crippen molar-refractivity contribution in [1.82, 2.24) is 0 Å². The van der Waals surface area contributed by atoms with E-state index in [-0.39, 0.29) is 0 Å². The van der Waals surface area contributed by atoms with E-state index >= 15 is 0 Å². The molecule has 3 heteroatoms. The minimum absolute atomic E-state index is 0.337. The highest BCUT2D eigenvalue weighted by Gasteiger charge is 2.59. The van der Waals surface area contributed by atoms with Crippen LogP contribution in [0.15, 0.2) is 0 Å². The summed E-state index contributed by atoms with van der Waals surface area (Å²) in [7, 11) is 0. The second-order valence-electron chi connectivity index (χ2n) is 9.99. The standard InChI is InChI=1S/C22H36O2S/c1-21-14-12-19-17(10-8-16-5-2-3-13-22(16,19)25)18(21)11-9-15(21)6-4-7-20(23)24/h15-19,25H,2-14H2,1H3,(H,23,24). The molecule has 142 valence electrons. The monoisotopic (exact) mass is 364 g/mol. The van der Waals surface area contributed by atoms with Crippen LogP contribution in [0.2, 0.25) is 0 Å². The molecule has 0 radical (unpaired) electrons. The Morgan fingerprint density at radius 3 is 2.68 bits per heavy atom. The molecule has 0 saturated heterocycles. The highest BCUT2D eigenvalue weighted by molar-refractivity contribution is 7.81. The molecule has 0 heterocycles. The van der Waals surface area contributed by atoms with E-state index < -0.39 is 5.97 Å². The highest BCUT2D eigenvalue weighted by Crippen LogP contribution is 2.66. The molecule has 0 aromatic carbocycles. The van der Waals surface area contributed by atoms with Crippen molar-refractivity contribution in [2.75, 3.05) is 0 Å². The first-order chi connectivity index (χ1) is 11.9. The average Bonchev–Trinajstić information content (AvgIpc) is 2.91. The second kappa shape index (κ2) is 6.77. The molecule has 7 unspecified atom stereocenters. The molecule has 0 aromatic heterocycles. The van der Waals surface area contributed by atoms with Crippen molar-refractivity contribution >= 4 is 18.6 Å². The summed E-state index contributed by atoms with van der Waals surface area (Å²) in [6.07, 6.45) is 16.3. The van der Waals surface area contributed by atoms with E-state index in [2.05, 4.69) is 6.92 Å². The minimum atomic E-state index is -0.629. The maximum atomic E-state index is 10.9. The molecular formula is C22H36O2S. The van der Waals surface area contributed by atoms with Crippen LogP contribution in [0.5, 0.6) is 0 Å². The summed E-state index contributed by atoms with van der Waals surface area (Å²) in [6, 6.07) is 0. The van der Waals surface area contributed by atoms with Crippen LogP contribution in [0, 0.1) is 35.0 Å². The Bertz CT molecular complexity index is 520. The number of thiol groups is 1. The maximum Gasteiger partial charge on any atom is 0.303 e. The molecule has 4 aliphatic carbocycles. The number of carboxylic acid groups (broad SMARTS) is 1. The van der Waals surface area contributed by atoms with E-state index in [0.29, 0.717) is 16.6 Å². The number of hydrogen-bond acceptors (Lipinski definition) is 2. The number of aliphatic carboxylic acids is 1. The molecule has 0 bridgehead atoms. The van der Waals surface area contributed by atoms with Crippen molar-refractivity contribution in [2.24, 2.45) is 35.0 Å². The van der Waals surface area contributed by atoms with E-state index in [1.165, 1.54) is 64.2 Å². The quantitative estimate of drug-likeness (QED) is 0.605.